The van der Waals surface area contributed by atoms with Gasteiger partial charge in [-0.3, -0.25) is 0 Å². The van der Waals surface area contributed by atoms with E-state index in [1.54, 1.807) is 0 Å². The highest BCUT2D eigenvalue weighted by Crippen LogP contribution is 2.31. The van der Waals surface area contributed by atoms with Crippen LogP contribution in [0.3, 0.4) is 0 Å². The Labute approximate surface area is 147 Å². The molecule has 1 saturated heterocycles. The Kier molecular flexibility index (Phi) is 4.37. The molecule has 0 unspecified atom stereocenters. The molecule has 24 heavy (non-hydrogen) atoms. The molecule has 0 aliphatic carbocycles. The fraction of sp³-hybridized carbons (Fsp3) is 0.250. The molecule has 3 aromatic rings. The minimum Gasteiger partial charge on any atom is -0.317 e. The molecule has 3 nitrogen and oxygen atoms in total. The lowest BCUT2D eigenvalue weighted by Crippen LogP contribution is -2.26. The van der Waals surface area contributed by atoms with Crippen LogP contribution < -0.4 is 5.32 Å². The van der Waals surface area contributed by atoms with Crippen LogP contribution in [0.2, 0.25) is 5.02 Å². The molecule has 1 aliphatic heterocycles. The van der Waals surface area contributed by atoms with Crippen LogP contribution in [-0.2, 0) is 0 Å². The van der Waals surface area contributed by atoms with Crippen LogP contribution in [0.25, 0.3) is 16.9 Å². The number of nitrogens with zero attached hydrogens (tertiary/aromatic N) is 2. The summed E-state index contributed by atoms with van der Waals surface area (Å²) in [5.41, 5.74) is 4.52. The summed E-state index contributed by atoms with van der Waals surface area (Å²) in [5, 5.41) is 9.14. The van der Waals surface area contributed by atoms with Crippen molar-refractivity contribution in [1.82, 2.24) is 15.1 Å². The number of rotatable bonds is 3. The minimum atomic E-state index is 0.530. The molecule has 0 spiro atoms. The number of para-hydroxylation sites is 1. The van der Waals surface area contributed by atoms with Gasteiger partial charge in [0.15, 0.2) is 0 Å². The molecule has 122 valence electrons. The first-order chi connectivity index (χ1) is 11.8. The van der Waals surface area contributed by atoms with Gasteiger partial charge in [0.25, 0.3) is 0 Å². The average molecular weight is 338 g/mol. The molecular formula is C20H20ClN3. The second kappa shape index (κ2) is 6.80. The largest absolute Gasteiger partial charge is 0.317 e. The Hall–Kier alpha value is -2.10. The predicted molar refractivity (Wildman–Crippen MR) is 98.9 cm³/mol. The van der Waals surface area contributed by atoms with Crippen molar-refractivity contribution in [2.45, 2.75) is 18.8 Å². The third kappa shape index (κ3) is 3.10. The lowest BCUT2D eigenvalue weighted by Gasteiger charge is -2.20. The predicted octanol–water partition coefficient (Wildman–Crippen LogP) is 4.66. The van der Waals surface area contributed by atoms with Crippen LogP contribution in [0.4, 0.5) is 0 Å². The van der Waals surface area contributed by atoms with E-state index in [0.29, 0.717) is 5.92 Å². The Balaban J connectivity index is 1.80. The molecule has 0 amide bonds. The SMILES string of the molecule is Clc1ccc(-c2cc(C3CCNCC3)nn2-c2ccccc2)cc1. The normalized spacial score (nSPS) is 15.5. The second-order valence-electron chi connectivity index (χ2n) is 6.23. The van der Waals surface area contributed by atoms with Gasteiger partial charge in [-0.25, -0.2) is 4.68 Å². The first kappa shape index (κ1) is 15.4. The van der Waals surface area contributed by atoms with E-state index in [4.69, 9.17) is 16.7 Å². The molecule has 1 fully saturated rings. The van der Waals surface area contributed by atoms with Gasteiger partial charge < -0.3 is 5.32 Å². The molecule has 4 rings (SSSR count). The van der Waals surface area contributed by atoms with E-state index in [2.05, 4.69) is 40.3 Å². The van der Waals surface area contributed by atoms with Crippen LogP contribution in [-0.4, -0.2) is 22.9 Å². The van der Waals surface area contributed by atoms with Crippen LogP contribution in [0.1, 0.15) is 24.5 Å². The summed E-state index contributed by atoms with van der Waals surface area (Å²) >= 11 is 6.05. The first-order valence-corrected chi connectivity index (χ1v) is 8.81. The van der Waals surface area contributed by atoms with Gasteiger partial charge in [0.05, 0.1) is 17.1 Å². The number of hydrogen-bond acceptors (Lipinski definition) is 2. The lowest BCUT2D eigenvalue weighted by molar-refractivity contribution is 0.451. The van der Waals surface area contributed by atoms with Crippen LogP contribution >= 0.6 is 11.6 Å². The molecule has 0 atom stereocenters. The average Bonchev–Trinajstić information content (AvgIpc) is 3.09. The number of piperidine rings is 1. The lowest BCUT2D eigenvalue weighted by atomic mass is 9.94. The van der Waals surface area contributed by atoms with E-state index in [9.17, 15) is 0 Å². The minimum absolute atomic E-state index is 0.530. The van der Waals surface area contributed by atoms with Crippen molar-refractivity contribution in [2.75, 3.05) is 13.1 Å². The third-order valence-corrected chi connectivity index (χ3v) is 4.88. The van der Waals surface area contributed by atoms with Gasteiger partial charge >= 0.3 is 0 Å². The van der Waals surface area contributed by atoms with E-state index in [1.807, 2.05) is 30.3 Å². The Morgan fingerprint density at radius 3 is 2.38 bits per heavy atom. The van der Waals surface area contributed by atoms with Gasteiger partial charge in [-0.1, -0.05) is 41.9 Å². The monoisotopic (exact) mass is 337 g/mol. The maximum absolute atomic E-state index is 6.05. The summed E-state index contributed by atoms with van der Waals surface area (Å²) in [4.78, 5) is 0. The van der Waals surface area contributed by atoms with Crippen molar-refractivity contribution in [3.63, 3.8) is 0 Å². The summed E-state index contributed by atoms with van der Waals surface area (Å²) in [5.74, 6) is 0.530. The highest BCUT2D eigenvalue weighted by atomic mass is 35.5. The van der Waals surface area contributed by atoms with Crippen LogP contribution in [0, 0.1) is 0 Å². The molecule has 2 heterocycles. The zero-order chi connectivity index (χ0) is 16.4. The third-order valence-electron chi connectivity index (χ3n) is 4.63. The Morgan fingerprint density at radius 1 is 0.958 bits per heavy atom. The van der Waals surface area contributed by atoms with E-state index >= 15 is 0 Å². The number of benzene rings is 2. The van der Waals surface area contributed by atoms with Gasteiger partial charge in [-0.2, -0.15) is 5.10 Å². The highest BCUT2D eigenvalue weighted by molar-refractivity contribution is 6.30. The summed E-state index contributed by atoms with van der Waals surface area (Å²) < 4.78 is 2.06. The second-order valence-corrected chi connectivity index (χ2v) is 6.67. The number of halogens is 1. The zero-order valence-corrected chi connectivity index (χ0v) is 14.2. The fourth-order valence-electron chi connectivity index (χ4n) is 3.31. The molecule has 1 aliphatic rings. The van der Waals surface area contributed by atoms with Gasteiger partial charge in [0.1, 0.15) is 0 Å². The first-order valence-electron chi connectivity index (χ1n) is 8.43. The number of hydrogen-bond donors (Lipinski definition) is 1. The van der Waals surface area contributed by atoms with E-state index in [1.165, 1.54) is 5.69 Å². The van der Waals surface area contributed by atoms with E-state index in [-0.39, 0.29) is 0 Å². The summed E-state index contributed by atoms with van der Waals surface area (Å²) in [7, 11) is 0. The van der Waals surface area contributed by atoms with Crippen LogP contribution in [0.15, 0.2) is 60.7 Å². The van der Waals surface area contributed by atoms with Gasteiger partial charge in [-0.15, -0.1) is 0 Å². The van der Waals surface area contributed by atoms with Gasteiger partial charge in [-0.05, 0) is 56.3 Å². The smallest absolute Gasteiger partial charge is 0.0743 e. The van der Waals surface area contributed by atoms with Crippen molar-refractivity contribution in [1.29, 1.82) is 0 Å². The van der Waals surface area contributed by atoms with E-state index < -0.39 is 0 Å². The van der Waals surface area contributed by atoms with Crippen molar-refractivity contribution >= 4 is 11.6 Å². The zero-order valence-electron chi connectivity index (χ0n) is 13.5. The number of aromatic nitrogens is 2. The molecule has 4 heteroatoms. The molecule has 0 radical (unpaired) electrons. The Morgan fingerprint density at radius 2 is 1.67 bits per heavy atom. The van der Waals surface area contributed by atoms with Crippen molar-refractivity contribution in [3.8, 4) is 16.9 Å². The molecule has 2 aromatic carbocycles. The van der Waals surface area contributed by atoms with Gasteiger partial charge in [0.2, 0.25) is 0 Å². The summed E-state index contributed by atoms with van der Waals surface area (Å²) in [6.07, 6.45) is 2.29. The molecule has 0 bridgehead atoms. The number of nitrogens with one attached hydrogen (secondary N) is 1. The topological polar surface area (TPSA) is 29.9 Å². The Bertz CT molecular complexity index is 803. The standard InChI is InChI=1S/C20H20ClN3/c21-17-8-6-16(7-9-17)20-14-19(15-10-12-22-13-11-15)23-24(20)18-4-2-1-3-5-18/h1-9,14-15,22H,10-13H2. The van der Waals surface area contributed by atoms with Crippen LogP contribution in [0.5, 0.6) is 0 Å². The molecule has 1 N–H and O–H groups in total. The van der Waals surface area contributed by atoms with Gasteiger partial charge in [0, 0.05) is 16.5 Å². The fourth-order valence-corrected chi connectivity index (χ4v) is 3.43. The molecule has 1 aromatic heterocycles. The highest BCUT2D eigenvalue weighted by Gasteiger charge is 2.21. The van der Waals surface area contributed by atoms with E-state index in [0.717, 1.165) is 47.9 Å². The summed E-state index contributed by atoms with van der Waals surface area (Å²) in [6, 6.07) is 20.6. The quantitative estimate of drug-likeness (QED) is 0.753. The molecule has 0 saturated carbocycles. The van der Waals surface area contributed by atoms with Crippen molar-refractivity contribution in [3.05, 3.63) is 71.4 Å². The summed E-state index contributed by atoms with van der Waals surface area (Å²) in [6.45, 7) is 2.14. The maximum atomic E-state index is 6.05. The maximum Gasteiger partial charge on any atom is 0.0743 e. The van der Waals surface area contributed by atoms with Crippen molar-refractivity contribution < 1.29 is 0 Å². The molecular weight excluding hydrogens is 318 g/mol. The van der Waals surface area contributed by atoms with Crippen molar-refractivity contribution in [2.24, 2.45) is 0 Å².